The molecule has 4 aromatic rings. The Bertz CT molecular complexity index is 1130. The quantitative estimate of drug-likeness (QED) is 0.509. The van der Waals surface area contributed by atoms with Crippen LogP contribution in [0.1, 0.15) is 5.82 Å². The molecule has 0 amide bonds. The highest BCUT2D eigenvalue weighted by molar-refractivity contribution is 6.24. The normalized spacial score (nSPS) is 12.1. The molecule has 2 N–H and O–H groups in total. The van der Waals surface area contributed by atoms with E-state index in [0.717, 1.165) is 10.2 Å². The third-order valence-corrected chi connectivity index (χ3v) is 4.28. The second-order valence-corrected chi connectivity index (χ2v) is 5.85. The van der Waals surface area contributed by atoms with E-state index < -0.39 is 17.8 Å². The van der Waals surface area contributed by atoms with Crippen molar-refractivity contribution in [2.45, 2.75) is 6.18 Å². The molecular formula is C15H9ClF4N6O. The van der Waals surface area contributed by atoms with E-state index in [1.807, 2.05) is 0 Å². The van der Waals surface area contributed by atoms with E-state index >= 15 is 0 Å². The number of hydrogen-bond donors (Lipinski definition) is 2. The predicted octanol–water partition coefficient (Wildman–Crippen LogP) is 3.98. The molecular weight excluding hydrogens is 392 g/mol. The van der Waals surface area contributed by atoms with Crippen LogP contribution in [0.4, 0.5) is 17.6 Å². The summed E-state index contributed by atoms with van der Waals surface area (Å²) >= 11 is 6.27. The van der Waals surface area contributed by atoms with Crippen molar-refractivity contribution in [1.82, 2.24) is 29.5 Å². The van der Waals surface area contributed by atoms with Crippen LogP contribution in [0.15, 0.2) is 24.5 Å². The summed E-state index contributed by atoms with van der Waals surface area (Å²) in [5, 5.41) is 13.4. The molecule has 0 unspecified atom stereocenters. The number of benzene rings is 1. The fourth-order valence-corrected chi connectivity index (χ4v) is 3.14. The van der Waals surface area contributed by atoms with E-state index in [1.165, 1.54) is 25.6 Å². The number of nitrogens with one attached hydrogen (secondary N) is 2. The van der Waals surface area contributed by atoms with E-state index in [-0.39, 0.29) is 22.8 Å². The van der Waals surface area contributed by atoms with Gasteiger partial charge >= 0.3 is 6.18 Å². The number of rotatable bonds is 3. The lowest BCUT2D eigenvalue weighted by atomic mass is 10.0. The molecule has 140 valence electrons. The van der Waals surface area contributed by atoms with Crippen LogP contribution >= 0.6 is 11.8 Å². The van der Waals surface area contributed by atoms with Gasteiger partial charge in [0.05, 0.1) is 13.3 Å². The summed E-state index contributed by atoms with van der Waals surface area (Å²) in [6, 6.07) is 2.63. The first-order valence-corrected chi connectivity index (χ1v) is 7.72. The van der Waals surface area contributed by atoms with Crippen molar-refractivity contribution in [2.24, 2.45) is 0 Å². The fourth-order valence-electron chi connectivity index (χ4n) is 2.81. The number of ether oxygens (including phenoxy) is 1. The van der Waals surface area contributed by atoms with Crippen LogP contribution in [0.3, 0.4) is 0 Å². The third kappa shape index (κ3) is 2.70. The molecule has 0 fully saturated rings. The number of nitrogens with zero attached hydrogens (tertiary/aromatic N) is 4. The molecule has 0 atom stereocenters. The number of fused-ring (bicyclic) bond motifs is 1. The number of H-pyrrole nitrogens is 2. The van der Waals surface area contributed by atoms with Crippen molar-refractivity contribution in [1.29, 1.82) is 0 Å². The molecule has 0 aliphatic carbocycles. The maximum Gasteiger partial charge on any atom is 0.451 e. The summed E-state index contributed by atoms with van der Waals surface area (Å²) < 4.78 is 59.3. The Morgan fingerprint density at radius 1 is 1.22 bits per heavy atom. The molecule has 1 aromatic carbocycles. The van der Waals surface area contributed by atoms with Crippen LogP contribution in [0.25, 0.3) is 33.5 Å². The van der Waals surface area contributed by atoms with Crippen molar-refractivity contribution in [3.63, 3.8) is 0 Å². The number of methoxy groups -OCH3 is 1. The molecule has 0 spiro atoms. The van der Waals surface area contributed by atoms with Gasteiger partial charge in [0, 0.05) is 40.6 Å². The molecule has 3 aromatic heterocycles. The molecule has 0 bridgehead atoms. The number of aromatic amines is 2. The van der Waals surface area contributed by atoms with Gasteiger partial charge in [-0.1, -0.05) is 0 Å². The molecule has 0 saturated heterocycles. The molecule has 3 heterocycles. The van der Waals surface area contributed by atoms with Gasteiger partial charge in [-0.15, -0.1) is 10.2 Å². The minimum Gasteiger partial charge on any atom is -0.497 e. The highest BCUT2D eigenvalue weighted by Gasteiger charge is 2.36. The van der Waals surface area contributed by atoms with Gasteiger partial charge in [0.15, 0.2) is 11.6 Å². The second-order valence-electron chi connectivity index (χ2n) is 5.52. The van der Waals surface area contributed by atoms with Gasteiger partial charge in [0.2, 0.25) is 5.82 Å². The zero-order valence-corrected chi connectivity index (χ0v) is 14.2. The largest absolute Gasteiger partial charge is 0.497 e. The summed E-state index contributed by atoms with van der Waals surface area (Å²) in [5.74, 6) is -2.07. The number of aromatic nitrogens is 6. The van der Waals surface area contributed by atoms with Crippen molar-refractivity contribution in [3.8, 4) is 28.4 Å². The van der Waals surface area contributed by atoms with Crippen LogP contribution in [0, 0.1) is 5.82 Å². The maximum atomic E-state index is 14.6. The Morgan fingerprint density at radius 2 is 2.00 bits per heavy atom. The summed E-state index contributed by atoms with van der Waals surface area (Å²) in [6.45, 7) is 0. The lowest BCUT2D eigenvalue weighted by Crippen LogP contribution is -2.07. The van der Waals surface area contributed by atoms with Crippen molar-refractivity contribution >= 4 is 22.7 Å². The second kappa shape index (κ2) is 5.98. The molecule has 4 rings (SSSR count). The first-order chi connectivity index (χ1) is 12.8. The Hall–Kier alpha value is -3.08. The minimum atomic E-state index is -4.72. The average molecular weight is 401 g/mol. The Balaban J connectivity index is 2.08. The molecule has 7 nitrogen and oxygen atoms in total. The van der Waals surface area contributed by atoms with E-state index in [1.54, 1.807) is 0 Å². The highest BCUT2D eigenvalue weighted by atomic mass is 35.5. The standard InChI is InChI=1S/C15H9ClF4N6O/c1-27-7-2-8-10(6-4-21-22-5-6)12(26(16)11(8)9(17)3-7)13-23-14(25-24-13)15(18,19)20/h2-5H,1H3,(H,21,22)(H,23,24,25). The van der Waals surface area contributed by atoms with E-state index in [0.29, 0.717) is 16.5 Å². The molecule has 0 radical (unpaired) electrons. The van der Waals surface area contributed by atoms with E-state index in [2.05, 4.69) is 25.4 Å². The topological polar surface area (TPSA) is 84.4 Å². The van der Waals surface area contributed by atoms with Crippen LogP contribution < -0.4 is 4.74 Å². The molecule has 0 saturated carbocycles. The van der Waals surface area contributed by atoms with Crippen molar-refractivity contribution in [2.75, 3.05) is 7.11 Å². The van der Waals surface area contributed by atoms with Gasteiger partial charge < -0.3 is 9.72 Å². The Morgan fingerprint density at radius 3 is 2.59 bits per heavy atom. The van der Waals surface area contributed by atoms with Crippen molar-refractivity contribution < 1.29 is 22.3 Å². The first-order valence-electron chi connectivity index (χ1n) is 7.38. The first kappa shape index (κ1) is 17.3. The van der Waals surface area contributed by atoms with E-state index in [4.69, 9.17) is 16.5 Å². The van der Waals surface area contributed by atoms with Crippen LogP contribution in [-0.4, -0.2) is 36.6 Å². The van der Waals surface area contributed by atoms with Crippen LogP contribution in [0.2, 0.25) is 0 Å². The average Bonchev–Trinajstić information content (AvgIpc) is 3.32. The number of alkyl halides is 3. The third-order valence-electron chi connectivity index (χ3n) is 3.94. The highest BCUT2D eigenvalue weighted by Crippen LogP contribution is 2.43. The smallest absolute Gasteiger partial charge is 0.451 e. The molecule has 0 aliphatic heterocycles. The summed E-state index contributed by atoms with van der Waals surface area (Å²) in [5.41, 5.74) is 0.736. The van der Waals surface area contributed by atoms with Gasteiger partial charge in [-0.2, -0.15) is 18.3 Å². The van der Waals surface area contributed by atoms with Gasteiger partial charge in [0.25, 0.3) is 0 Å². The van der Waals surface area contributed by atoms with Crippen LogP contribution in [0.5, 0.6) is 5.75 Å². The number of halogens is 5. The monoisotopic (exact) mass is 400 g/mol. The lowest BCUT2D eigenvalue weighted by molar-refractivity contribution is -0.144. The van der Waals surface area contributed by atoms with Gasteiger partial charge in [-0.05, 0) is 6.07 Å². The SMILES string of the molecule is COc1cc(F)c2c(c1)c(-c1cn[nH]c1)c(-c1nnc(C(F)(F)F)[nH]1)n2Cl. The summed E-state index contributed by atoms with van der Waals surface area (Å²) in [7, 11) is 1.36. The fraction of sp³-hybridized carbons (Fsp3) is 0.133. The summed E-state index contributed by atoms with van der Waals surface area (Å²) in [6.07, 6.45) is -1.81. The van der Waals surface area contributed by atoms with Gasteiger partial charge in [-0.25, -0.2) is 8.48 Å². The molecule has 27 heavy (non-hydrogen) atoms. The summed E-state index contributed by atoms with van der Waals surface area (Å²) in [4.78, 5) is 2.08. The van der Waals surface area contributed by atoms with E-state index in [9.17, 15) is 17.6 Å². The zero-order valence-electron chi connectivity index (χ0n) is 13.4. The van der Waals surface area contributed by atoms with Gasteiger partial charge in [-0.3, -0.25) is 5.10 Å². The molecule has 12 heteroatoms. The number of hydrogen-bond acceptors (Lipinski definition) is 4. The Labute approximate surface area is 153 Å². The van der Waals surface area contributed by atoms with Crippen molar-refractivity contribution in [3.05, 3.63) is 36.2 Å². The Kier molecular flexibility index (Phi) is 3.84. The minimum absolute atomic E-state index is 0.00298. The predicted molar refractivity (Wildman–Crippen MR) is 87.7 cm³/mol. The maximum absolute atomic E-state index is 14.6. The van der Waals surface area contributed by atoms with Gasteiger partial charge in [0.1, 0.15) is 17.0 Å². The van der Waals surface area contributed by atoms with Crippen LogP contribution in [-0.2, 0) is 6.18 Å². The molecule has 0 aliphatic rings. The lowest BCUT2D eigenvalue weighted by Gasteiger charge is -2.02. The zero-order chi connectivity index (χ0) is 19.3.